The number of ether oxygens (including phenoxy) is 2. The number of carbonyl (C=O) groups is 1. The van der Waals surface area contributed by atoms with Crippen LogP contribution >= 0.6 is 23.2 Å². The number of aromatic nitrogens is 1. The molecular weight excluding hydrogens is 355 g/mol. The first-order valence-electron chi connectivity index (χ1n) is 7.01. The van der Waals surface area contributed by atoms with Crippen molar-refractivity contribution in [1.29, 1.82) is 0 Å². The number of ketones is 1. The molecule has 24 heavy (non-hydrogen) atoms. The van der Waals surface area contributed by atoms with E-state index in [0.29, 0.717) is 17.9 Å². The van der Waals surface area contributed by atoms with Crippen LogP contribution in [0.2, 0.25) is 10.0 Å². The monoisotopic (exact) mass is 368 g/mol. The summed E-state index contributed by atoms with van der Waals surface area (Å²) in [6.07, 6.45) is 2.70. The largest absolute Gasteiger partial charge is 0.493 e. The second kappa shape index (κ2) is 8.08. The van der Waals surface area contributed by atoms with Crippen molar-refractivity contribution in [2.24, 2.45) is 5.18 Å². The first-order chi connectivity index (χ1) is 11.5. The minimum Gasteiger partial charge on any atom is -0.493 e. The number of methoxy groups -OCH3 is 1. The molecule has 0 atom stereocenters. The number of rotatable bonds is 7. The van der Waals surface area contributed by atoms with E-state index < -0.39 is 0 Å². The highest BCUT2D eigenvalue weighted by atomic mass is 35.5. The van der Waals surface area contributed by atoms with Crippen molar-refractivity contribution in [3.8, 4) is 11.5 Å². The van der Waals surface area contributed by atoms with Gasteiger partial charge in [-0.2, -0.15) is 0 Å². The number of pyridine rings is 1. The average molecular weight is 369 g/mol. The molecule has 0 spiro atoms. The molecule has 0 fully saturated rings. The quantitative estimate of drug-likeness (QED) is 0.526. The molecule has 0 unspecified atom stereocenters. The Labute approximate surface area is 148 Å². The second-order valence-electron chi connectivity index (χ2n) is 4.70. The number of hydrogen-bond acceptors (Lipinski definition) is 6. The van der Waals surface area contributed by atoms with Gasteiger partial charge in [0.25, 0.3) is 0 Å². The molecular formula is C16H14Cl2N2O4. The van der Waals surface area contributed by atoms with Crippen molar-refractivity contribution in [2.75, 3.05) is 13.7 Å². The van der Waals surface area contributed by atoms with Gasteiger partial charge in [0.1, 0.15) is 0 Å². The lowest BCUT2D eigenvalue weighted by Gasteiger charge is -2.13. The van der Waals surface area contributed by atoms with E-state index in [1.54, 1.807) is 13.0 Å². The highest BCUT2D eigenvalue weighted by Gasteiger charge is 2.22. The van der Waals surface area contributed by atoms with Crippen LogP contribution in [0.5, 0.6) is 11.5 Å². The van der Waals surface area contributed by atoms with Crippen molar-refractivity contribution >= 4 is 34.7 Å². The normalized spacial score (nSPS) is 10.3. The van der Waals surface area contributed by atoms with Gasteiger partial charge in [-0.15, -0.1) is 4.91 Å². The molecule has 0 aliphatic rings. The molecule has 0 saturated heterocycles. The number of Topliss-reactive ketones (excluding diaryl/α,β-unsaturated/α-hetero) is 1. The molecule has 0 radical (unpaired) electrons. The lowest BCUT2D eigenvalue weighted by Crippen LogP contribution is -2.07. The summed E-state index contributed by atoms with van der Waals surface area (Å²) in [6.45, 7) is 2.04. The fraction of sp³-hybridized carbons (Fsp3) is 0.250. The Hall–Kier alpha value is -2.18. The SMILES string of the molecule is CCOc1c(OC)ccc(C(=O)Cc2c(Cl)cncc2Cl)c1N=O. The average Bonchev–Trinajstić information content (AvgIpc) is 2.58. The van der Waals surface area contributed by atoms with Gasteiger partial charge in [0.05, 0.1) is 29.3 Å². The third-order valence-electron chi connectivity index (χ3n) is 3.29. The standard InChI is InChI=1S/C16H14Cl2N2O4/c1-3-24-16-14(23-2)5-4-9(15(16)20-22)13(21)6-10-11(17)7-19-8-12(10)18/h4-5,7-8H,3,6H2,1-2H3. The maximum atomic E-state index is 12.6. The van der Waals surface area contributed by atoms with E-state index in [1.165, 1.54) is 25.6 Å². The molecule has 0 bridgehead atoms. The Morgan fingerprint density at radius 3 is 2.46 bits per heavy atom. The van der Waals surface area contributed by atoms with Gasteiger partial charge in [0.2, 0.25) is 0 Å². The van der Waals surface area contributed by atoms with Crippen LogP contribution in [0.4, 0.5) is 5.69 Å². The fourth-order valence-corrected chi connectivity index (χ4v) is 2.67. The summed E-state index contributed by atoms with van der Waals surface area (Å²) in [5, 5.41) is 3.50. The van der Waals surface area contributed by atoms with Crippen LogP contribution in [0.15, 0.2) is 29.7 Å². The summed E-state index contributed by atoms with van der Waals surface area (Å²) >= 11 is 12.1. The first-order valence-corrected chi connectivity index (χ1v) is 7.77. The summed E-state index contributed by atoms with van der Waals surface area (Å²) in [5.74, 6) is 0.0824. The predicted octanol–water partition coefficient (Wildman–Crippen LogP) is 4.62. The van der Waals surface area contributed by atoms with Crippen LogP contribution in [0, 0.1) is 4.91 Å². The summed E-state index contributed by atoms with van der Waals surface area (Å²) in [7, 11) is 1.43. The number of halogens is 2. The summed E-state index contributed by atoms with van der Waals surface area (Å²) in [4.78, 5) is 27.7. The number of hydrogen-bond donors (Lipinski definition) is 0. The van der Waals surface area contributed by atoms with E-state index >= 15 is 0 Å². The Morgan fingerprint density at radius 2 is 1.92 bits per heavy atom. The van der Waals surface area contributed by atoms with Gasteiger partial charge in [-0.05, 0) is 24.2 Å². The van der Waals surface area contributed by atoms with Crippen molar-refractivity contribution in [3.05, 3.63) is 50.6 Å². The molecule has 6 nitrogen and oxygen atoms in total. The minimum absolute atomic E-state index is 0.0966. The Bertz CT molecular complexity index is 761. The van der Waals surface area contributed by atoms with E-state index in [-0.39, 0.29) is 39.2 Å². The van der Waals surface area contributed by atoms with E-state index in [9.17, 15) is 9.70 Å². The Balaban J connectivity index is 2.46. The molecule has 1 aromatic heterocycles. The van der Waals surface area contributed by atoms with Gasteiger partial charge in [0, 0.05) is 24.4 Å². The number of nitroso groups, excluding NO2 is 1. The van der Waals surface area contributed by atoms with Crippen molar-refractivity contribution in [3.63, 3.8) is 0 Å². The zero-order chi connectivity index (χ0) is 17.7. The smallest absolute Gasteiger partial charge is 0.191 e. The third-order valence-corrected chi connectivity index (χ3v) is 3.94. The highest BCUT2D eigenvalue weighted by Crippen LogP contribution is 2.41. The van der Waals surface area contributed by atoms with Crippen LogP contribution in [0.25, 0.3) is 0 Å². The second-order valence-corrected chi connectivity index (χ2v) is 5.51. The van der Waals surface area contributed by atoms with Gasteiger partial charge in [-0.1, -0.05) is 23.2 Å². The number of carbonyl (C=O) groups excluding carboxylic acids is 1. The topological polar surface area (TPSA) is 77.8 Å². The lowest BCUT2D eigenvalue weighted by molar-refractivity contribution is 0.0993. The summed E-state index contributed by atoms with van der Waals surface area (Å²) < 4.78 is 10.6. The number of benzene rings is 1. The zero-order valence-corrected chi connectivity index (χ0v) is 14.5. The van der Waals surface area contributed by atoms with Crippen molar-refractivity contribution in [2.45, 2.75) is 13.3 Å². The minimum atomic E-state index is -0.372. The number of nitrogens with zero attached hydrogens (tertiary/aromatic N) is 2. The highest BCUT2D eigenvalue weighted by molar-refractivity contribution is 6.36. The zero-order valence-electron chi connectivity index (χ0n) is 13.0. The van der Waals surface area contributed by atoms with Crippen LogP contribution < -0.4 is 9.47 Å². The van der Waals surface area contributed by atoms with Crippen molar-refractivity contribution in [1.82, 2.24) is 4.98 Å². The summed E-state index contributed by atoms with van der Waals surface area (Å²) in [5.41, 5.74) is 0.435. The van der Waals surface area contributed by atoms with Gasteiger partial charge in [-0.3, -0.25) is 9.78 Å². The van der Waals surface area contributed by atoms with Crippen LogP contribution in [0.1, 0.15) is 22.8 Å². The molecule has 1 aromatic carbocycles. The molecule has 0 N–H and O–H groups in total. The van der Waals surface area contributed by atoms with Gasteiger partial charge in [0.15, 0.2) is 23.0 Å². The van der Waals surface area contributed by atoms with E-state index in [2.05, 4.69) is 10.2 Å². The van der Waals surface area contributed by atoms with Crippen LogP contribution in [-0.2, 0) is 6.42 Å². The molecule has 0 aliphatic heterocycles. The Kier molecular flexibility index (Phi) is 6.11. The maximum Gasteiger partial charge on any atom is 0.191 e. The molecule has 126 valence electrons. The van der Waals surface area contributed by atoms with E-state index in [0.717, 1.165) is 0 Å². The summed E-state index contributed by atoms with van der Waals surface area (Å²) in [6, 6.07) is 3.01. The van der Waals surface area contributed by atoms with Gasteiger partial charge >= 0.3 is 0 Å². The van der Waals surface area contributed by atoms with Crippen molar-refractivity contribution < 1.29 is 14.3 Å². The molecule has 0 saturated carbocycles. The first kappa shape index (κ1) is 18.2. The third kappa shape index (κ3) is 3.66. The molecule has 1 heterocycles. The van der Waals surface area contributed by atoms with Gasteiger partial charge in [-0.25, -0.2) is 0 Å². The maximum absolute atomic E-state index is 12.6. The van der Waals surface area contributed by atoms with Gasteiger partial charge < -0.3 is 9.47 Å². The van der Waals surface area contributed by atoms with E-state index in [4.69, 9.17) is 32.7 Å². The fourth-order valence-electron chi connectivity index (χ4n) is 2.18. The molecule has 2 rings (SSSR count). The molecule has 0 amide bonds. The predicted molar refractivity (Wildman–Crippen MR) is 91.9 cm³/mol. The molecule has 8 heteroatoms. The van der Waals surface area contributed by atoms with Crippen LogP contribution in [0.3, 0.4) is 0 Å². The lowest BCUT2D eigenvalue weighted by atomic mass is 10.0. The van der Waals surface area contributed by atoms with Crippen LogP contribution in [-0.4, -0.2) is 24.5 Å². The Morgan fingerprint density at radius 1 is 1.25 bits per heavy atom. The molecule has 0 aliphatic carbocycles. The van der Waals surface area contributed by atoms with E-state index in [1.807, 2.05) is 0 Å². The molecule has 2 aromatic rings.